The normalized spacial score (nSPS) is 11.8. The smallest absolute Gasteiger partial charge is 0.251 e. The Kier molecular flexibility index (Phi) is 5.42. The van der Waals surface area contributed by atoms with Gasteiger partial charge in [-0.15, -0.1) is 0 Å². The zero-order chi connectivity index (χ0) is 15.4. The molecule has 0 fully saturated rings. The molecule has 0 aliphatic carbocycles. The van der Waals surface area contributed by atoms with Crippen molar-refractivity contribution in [2.45, 2.75) is 13.0 Å². The third-order valence-corrected chi connectivity index (χ3v) is 4.28. The van der Waals surface area contributed by atoms with E-state index in [0.717, 1.165) is 14.5 Å². The number of amides is 1. The average Bonchev–Trinajstić information content (AvgIpc) is 2.47. The number of benzene rings is 2. The largest absolute Gasteiger partial charge is 0.496 e. The lowest BCUT2D eigenvalue weighted by Gasteiger charge is -2.15. The topological polar surface area (TPSA) is 38.3 Å². The van der Waals surface area contributed by atoms with Crippen LogP contribution in [0.5, 0.6) is 5.75 Å². The van der Waals surface area contributed by atoms with Crippen LogP contribution in [-0.4, -0.2) is 13.0 Å². The summed E-state index contributed by atoms with van der Waals surface area (Å²) in [6.07, 6.45) is 0. The minimum absolute atomic E-state index is 0.0634. The highest BCUT2D eigenvalue weighted by molar-refractivity contribution is 9.10. The van der Waals surface area contributed by atoms with Crippen LogP contribution in [0.1, 0.15) is 28.9 Å². The Labute approximate surface area is 141 Å². The molecular formula is C16H15Br2NO2. The Bertz CT molecular complexity index is 641. The molecule has 1 atom stereocenters. The first kappa shape index (κ1) is 16.0. The third-order valence-electron chi connectivity index (χ3n) is 3.13. The minimum Gasteiger partial charge on any atom is -0.496 e. The fourth-order valence-corrected chi connectivity index (χ4v) is 2.73. The quantitative estimate of drug-likeness (QED) is 0.789. The summed E-state index contributed by atoms with van der Waals surface area (Å²) in [5, 5.41) is 2.98. The van der Waals surface area contributed by atoms with E-state index in [4.69, 9.17) is 4.74 Å². The van der Waals surface area contributed by atoms with Crippen LogP contribution < -0.4 is 10.1 Å². The molecule has 2 rings (SSSR count). The van der Waals surface area contributed by atoms with Crippen molar-refractivity contribution in [3.8, 4) is 5.75 Å². The molecule has 1 N–H and O–H groups in total. The van der Waals surface area contributed by atoms with E-state index in [2.05, 4.69) is 37.2 Å². The van der Waals surface area contributed by atoms with Crippen molar-refractivity contribution >= 4 is 37.8 Å². The summed E-state index contributed by atoms with van der Waals surface area (Å²) >= 11 is 6.78. The second-order valence-corrected chi connectivity index (χ2v) is 6.37. The monoisotopic (exact) mass is 411 g/mol. The molecule has 21 heavy (non-hydrogen) atoms. The van der Waals surface area contributed by atoms with Crippen LogP contribution in [0.25, 0.3) is 0 Å². The van der Waals surface area contributed by atoms with E-state index in [1.54, 1.807) is 25.3 Å². The predicted octanol–water partition coefficient (Wildman–Crippen LogP) is 4.71. The van der Waals surface area contributed by atoms with Gasteiger partial charge in [-0.1, -0.05) is 28.1 Å². The number of hydrogen-bond acceptors (Lipinski definition) is 2. The van der Waals surface area contributed by atoms with Crippen molar-refractivity contribution in [1.29, 1.82) is 0 Å². The summed E-state index contributed by atoms with van der Waals surface area (Å²) in [7, 11) is 1.59. The summed E-state index contributed by atoms with van der Waals surface area (Å²) < 4.78 is 6.93. The van der Waals surface area contributed by atoms with Gasteiger partial charge in [-0.2, -0.15) is 0 Å². The Morgan fingerprint density at radius 2 is 1.81 bits per heavy atom. The van der Waals surface area contributed by atoms with Gasteiger partial charge in [0.15, 0.2) is 0 Å². The van der Waals surface area contributed by atoms with Gasteiger partial charge in [-0.25, -0.2) is 0 Å². The SMILES string of the molecule is COc1ccc(C(=O)N[C@H](C)c2ccc(Br)cc2)cc1Br. The van der Waals surface area contributed by atoms with Crippen LogP contribution in [0.15, 0.2) is 51.4 Å². The Balaban J connectivity index is 2.10. The van der Waals surface area contributed by atoms with Gasteiger partial charge >= 0.3 is 0 Å². The maximum absolute atomic E-state index is 12.3. The van der Waals surface area contributed by atoms with Crippen molar-refractivity contribution in [3.05, 3.63) is 62.5 Å². The molecule has 0 unspecified atom stereocenters. The standard InChI is InChI=1S/C16H15Br2NO2/c1-10(11-3-6-13(17)7-4-11)19-16(20)12-5-8-15(21-2)14(18)9-12/h3-10H,1-2H3,(H,19,20)/t10-/m1/s1. The highest BCUT2D eigenvalue weighted by atomic mass is 79.9. The maximum atomic E-state index is 12.3. The first-order valence-electron chi connectivity index (χ1n) is 6.41. The fourth-order valence-electron chi connectivity index (χ4n) is 1.92. The molecule has 0 saturated heterocycles. The molecule has 0 aliphatic heterocycles. The molecule has 110 valence electrons. The van der Waals surface area contributed by atoms with Crippen LogP contribution >= 0.6 is 31.9 Å². The van der Waals surface area contributed by atoms with Gasteiger partial charge in [0.25, 0.3) is 5.91 Å². The maximum Gasteiger partial charge on any atom is 0.251 e. The number of nitrogens with one attached hydrogen (secondary N) is 1. The molecule has 2 aromatic carbocycles. The molecule has 3 nitrogen and oxygen atoms in total. The van der Waals surface area contributed by atoms with Crippen molar-refractivity contribution in [1.82, 2.24) is 5.32 Å². The number of rotatable bonds is 4. The zero-order valence-corrected chi connectivity index (χ0v) is 14.9. The first-order chi connectivity index (χ1) is 10.0. The summed E-state index contributed by atoms with van der Waals surface area (Å²) in [6.45, 7) is 1.96. The van der Waals surface area contributed by atoms with E-state index in [1.807, 2.05) is 31.2 Å². The first-order valence-corrected chi connectivity index (χ1v) is 7.99. The molecular weight excluding hydrogens is 398 g/mol. The second kappa shape index (κ2) is 7.09. The van der Waals surface area contributed by atoms with Gasteiger partial charge in [-0.05, 0) is 58.7 Å². The van der Waals surface area contributed by atoms with Gasteiger partial charge in [0.2, 0.25) is 0 Å². The van der Waals surface area contributed by atoms with Gasteiger partial charge in [0.1, 0.15) is 5.75 Å². The number of ether oxygens (including phenoxy) is 1. The second-order valence-electron chi connectivity index (χ2n) is 4.60. The van der Waals surface area contributed by atoms with Crippen molar-refractivity contribution in [2.75, 3.05) is 7.11 Å². The molecule has 5 heteroatoms. The molecule has 0 spiro atoms. The van der Waals surface area contributed by atoms with Crippen molar-refractivity contribution in [3.63, 3.8) is 0 Å². The number of methoxy groups -OCH3 is 1. The molecule has 0 aliphatic rings. The molecule has 0 saturated carbocycles. The zero-order valence-electron chi connectivity index (χ0n) is 11.7. The van der Waals surface area contributed by atoms with Crippen molar-refractivity contribution in [2.24, 2.45) is 0 Å². The summed E-state index contributed by atoms with van der Waals surface area (Å²) in [6, 6.07) is 13.1. The Morgan fingerprint density at radius 3 is 2.38 bits per heavy atom. The van der Waals surface area contributed by atoms with Crippen LogP contribution in [0.3, 0.4) is 0 Å². The van der Waals surface area contributed by atoms with E-state index >= 15 is 0 Å². The van der Waals surface area contributed by atoms with Gasteiger partial charge in [0.05, 0.1) is 17.6 Å². The third kappa shape index (κ3) is 4.08. The van der Waals surface area contributed by atoms with Crippen LogP contribution in [-0.2, 0) is 0 Å². The van der Waals surface area contributed by atoms with Crippen molar-refractivity contribution < 1.29 is 9.53 Å². The highest BCUT2D eigenvalue weighted by Gasteiger charge is 2.13. The molecule has 2 aromatic rings. The Hall–Kier alpha value is -1.33. The van der Waals surface area contributed by atoms with E-state index in [-0.39, 0.29) is 11.9 Å². The van der Waals surface area contributed by atoms with Gasteiger partial charge in [-0.3, -0.25) is 4.79 Å². The van der Waals surface area contributed by atoms with E-state index < -0.39 is 0 Å². The van der Waals surface area contributed by atoms with Gasteiger partial charge < -0.3 is 10.1 Å². The number of hydrogen-bond donors (Lipinski definition) is 1. The number of halogens is 2. The molecule has 0 aromatic heterocycles. The summed E-state index contributed by atoms with van der Waals surface area (Å²) in [4.78, 5) is 12.3. The summed E-state index contributed by atoms with van der Waals surface area (Å²) in [5.74, 6) is 0.585. The number of carbonyl (C=O) groups is 1. The van der Waals surface area contributed by atoms with Gasteiger partial charge in [0, 0.05) is 10.0 Å². The molecule has 0 radical (unpaired) electrons. The Morgan fingerprint density at radius 1 is 1.14 bits per heavy atom. The number of carbonyl (C=O) groups excluding carboxylic acids is 1. The molecule has 0 bridgehead atoms. The lowest BCUT2D eigenvalue weighted by Crippen LogP contribution is -2.26. The van der Waals surface area contributed by atoms with E-state index in [9.17, 15) is 4.79 Å². The van der Waals surface area contributed by atoms with Crippen LogP contribution in [0, 0.1) is 0 Å². The minimum atomic E-state index is -0.117. The summed E-state index contributed by atoms with van der Waals surface area (Å²) in [5.41, 5.74) is 1.64. The average molecular weight is 413 g/mol. The highest BCUT2D eigenvalue weighted by Crippen LogP contribution is 2.26. The molecule has 1 amide bonds. The predicted molar refractivity (Wildman–Crippen MR) is 90.7 cm³/mol. The lowest BCUT2D eigenvalue weighted by atomic mass is 10.1. The van der Waals surface area contributed by atoms with E-state index in [0.29, 0.717) is 11.3 Å². The molecule has 0 heterocycles. The fraction of sp³-hybridized carbons (Fsp3) is 0.188. The van der Waals surface area contributed by atoms with Crippen LogP contribution in [0.2, 0.25) is 0 Å². The lowest BCUT2D eigenvalue weighted by molar-refractivity contribution is 0.0940. The van der Waals surface area contributed by atoms with E-state index in [1.165, 1.54) is 0 Å². The van der Waals surface area contributed by atoms with Crippen LogP contribution in [0.4, 0.5) is 0 Å².